The first-order valence-corrected chi connectivity index (χ1v) is 11.0. The molecule has 1 aromatic carbocycles. The van der Waals surface area contributed by atoms with E-state index in [1.807, 2.05) is 6.07 Å². The Hall–Kier alpha value is -4.40. The second-order valence-corrected chi connectivity index (χ2v) is 8.57. The minimum absolute atomic E-state index is 0.0392. The molecule has 12 heteroatoms. The summed E-state index contributed by atoms with van der Waals surface area (Å²) in [5.41, 5.74) is 4.47. The van der Waals surface area contributed by atoms with Crippen molar-refractivity contribution in [1.29, 1.82) is 5.26 Å². The number of primary amides is 1. The van der Waals surface area contributed by atoms with Crippen molar-refractivity contribution in [3.05, 3.63) is 85.6 Å². The first-order valence-electron chi connectivity index (χ1n) is 11.0. The van der Waals surface area contributed by atoms with Gasteiger partial charge in [0, 0.05) is 25.7 Å². The van der Waals surface area contributed by atoms with Crippen LogP contribution in [-0.4, -0.2) is 33.1 Å². The van der Waals surface area contributed by atoms with E-state index in [0.717, 1.165) is 21.3 Å². The number of nitriles is 1. The first kappa shape index (κ1) is 24.7. The van der Waals surface area contributed by atoms with Gasteiger partial charge in [-0.2, -0.15) is 5.26 Å². The SMILES string of the molecule is Cc1cncc(-n2c(=O)c(Cc3cc(F)c(F)c(F)c3)c(N3CCC(C(N)=O)C3)n(CC#N)c2=O)c1. The summed E-state index contributed by atoms with van der Waals surface area (Å²) >= 11 is 0. The maximum absolute atomic E-state index is 14.0. The number of hydrogen-bond acceptors (Lipinski definition) is 6. The molecule has 1 fully saturated rings. The van der Waals surface area contributed by atoms with E-state index in [2.05, 4.69) is 4.98 Å². The Morgan fingerprint density at radius 3 is 2.47 bits per heavy atom. The van der Waals surface area contributed by atoms with E-state index in [4.69, 9.17) is 5.73 Å². The topological polar surface area (TPSA) is 127 Å². The number of nitrogens with zero attached hydrogens (tertiary/aromatic N) is 5. The number of halogens is 3. The van der Waals surface area contributed by atoms with E-state index in [0.29, 0.717) is 12.0 Å². The number of pyridine rings is 1. The summed E-state index contributed by atoms with van der Waals surface area (Å²) in [5.74, 6) is -5.61. The van der Waals surface area contributed by atoms with Crippen molar-refractivity contribution < 1.29 is 18.0 Å². The van der Waals surface area contributed by atoms with Gasteiger partial charge in [0.2, 0.25) is 5.91 Å². The lowest BCUT2D eigenvalue weighted by atomic mass is 10.0. The van der Waals surface area contributed by atoms with E-state index in [1.165, 1.54) is 12.4 Å². The van der Waals surface area contributed by atoms with Gasteiger partial charge in [0.15, 0.2) is 17.5 Å². The molecule has 1 aliphatic rings. The Labute approximate surface area is 202 Å². The van der Waals surface area contributed by atoms with Gasteiger partial charge in [0.25, 0.3) is 5.56 Å². The molecule has 186 valence electrons. The van der Waals surface area contributed by atoms with Gasteiger partial charge in [-0.05, 0) is 42.7 Å². The minimum atomic E-state index is -1.65. The summed E-state index contributed by atoms with van der Waals surface area (Å²) in [6.45, 7) is 1.58. The van der Waals surface area contributed by atoms with Crippen LogP contribution in [0.3, 0.4) is 0 Å². The number of aromatic nitrogens is 3. The zero-order chi connectivity index (χ0) is 26.1. The molecule has 0 aliphatic carbocycles. The lowest BCUT2D eigenvalue weighted by molar-refractivity contribution is -0.121. The van der Waals surface area contributed by atoms with Crippen LogP contribution in [-0.2, 0) is 17.8 Å². The molecule has 9 nitrogen and oxygen atoms in total. The number of amides is 1. The van der Waals surface area contributed by atoms with Crippen LogP contribution in [0.1, 0.15) is 23.1 Å². The Morgan fingerprint density at radius 1 is 1.19 bits per heavy atom. The number of rotatable bonds is 6. The van der Waals surface area contributed by atoms with Gasteiger partial charge in [0.05, 0.1) is 29.4 Å². The maximum Gasteiger partial charge on any atom is 0.338 e. The molecule has 3 heterocycles. The zero-order valence-corrected chi connectivity index (χ0v) is 19.2. The maximum atomic E-state index is 14.0. The molecule has 1 amide bonds. The smallest absolute Gasteiger partial charge is 0.338 e. The average molecular weight is 498 g/mol. The molecule has 1 atom stereocenters. The van der Waals surface area contributed by atoms with E-state index in [1.54, 1.807) is 17.9 Å². The standard InChI is InChI=1S/C24H21F3N6O3/c1-13-6-16(11-30-10-13)33-23(35)17(7-14-8-18(25)20(27)19(26)9-14)22(32(5-3-28)24(33)36)31-4-2-15(12-31)21(29)34/h6,8-11,15H,2,4-5,7,12H2,1H3,(H2,29,34). The number of benzene rings is 1. The van der Waals surface area contributed by atoms with Crippen LogP contribution in [0, 0.1) is 41.6 Å². The highest BCUT2D eigenvalue weighted by Gasteiger charge is 2.32. The normalized spacial score (nSPS) is 15.2. The molecule has 36 heavy (non-hydrogen) atoms. The summed E-state index contributed by atoms with van der Waals surface area (Å²) in [4.78, 5) is 44.6. The number of carbonyl (C=O) groups is 1. The molecule has 0 radical (unpaired) electrons. The lowest BCUT2D eigenvalue weighted by Crippen LogP contribution is -2.44. The molecule has 4 rings (SSSR count). The average Bonchev–Trinajstić information content (AvgIpc) is 3.31. The zero-order valence-electron chi connectivity index (χ0n) is 19.2. The van der Waals surface area contributed by atoms with Crippen LogP contribution < -0.4 is 21.9 Å². The van der Waals surface area contributed by atoms with Crippen molar-refractivity contribution >= 4 is 11.7 Å². The second kappa shape index (κ2) is 9.69. The van der Waals surface area contributed by atoms with Gasteiger partial charge >= 0.3 is 5.69 Å². The molecule has 0 saturated carbocycles. The van der Waals surface area contributed by atoms with Crippen molar-refractivity contribution in [2.24, 2.45) is 11.7 Å². The Bertz CT molecular complexity index is 1500. The van der Waals surface area contributed by atoms with Crippen LogP contribution in [0.2, 0.25) is 0 Å². The Kier molecular flexibility index (Phi) is 6.65. The molecule has 0 spiro atoms. The van der Waals surface area contributed by atoms with Gasteiger partial charge in [-0.25, -0.2) is 22.5 Å². The van der Waals surface area contributed by atoms with E-state index >= 15 is 0 Å². The van der Waals surface area contributed by atoms with Crippen molar-refractivity contribution in [3.8, 4) is 11.8 Å². The fourth-order valence-corrected chi connectivity index (χ4v) is 4.41. The minimum Gasteiger partial charge on any atom is -0.369 e. The third kappa shape index (κ3) is 4.47. The van der Waals surface area contributed by atoms with Crippen molar-refractivity contribution in [2.75, 3.05) is 18.0 Å². The highest BCUT2D eigenvalue weighted by atomic mass is 19.2. The predicted molar refractivity (Wildman–Crippen MR) is 123 cm³/mol. The van der Waals surface area contributed by atoms with Crippen LogP contribution in [0.5, 0.6) is 0 Å². The van der Waals surface area contributed by atoms with Gasteiger partial charge in [-0.1, -0.05) is 0 Å². The fourth-order valence-electron chi connectivity index (χ4n) is 4.41. The number of aryl methyl sites for hydroxylation is 1. The molecule has 0 bridgehead atoms. The highest BCUT2D eigenvalue weighted by Crippen LogP contribution is 2.27. The summed E-state index contributed by atoms with van der Waals surface area (Å²) in [6.07, 6.45) is 2.78. The lowest BCUT2D eigenvalue weighted by Gasteiger charge is -2.26. The van der Waals surface area contributed by atoms with E-state index in [9.17, 15) is 32.8 Å². The quantitative estimate of drug-likeness (QED) is 0.514. The Balaban J connectivity index is 2.01. The van der Waals surface area contributed by atoms with E-state index in [-0.39, 0.29) is 42.1 Å². The summed E-state index contributed by atoms with van der Waals surface area (Å²) in [7, 11) is 0. The van der Waals surface area contributed by atoms with Gasteiger partial charge in [0.1, 0.15) is 12.4 Å². The third-order valence-electron chi connectivity index (χ3n) is 6.07. The van der Waals surface area contributed by atoms with Crippen molar-refractivity contribution in [3.63, 3.8) is 0 Å². The number of carbonyl (C=O) groups excluding carboxylic acids is 1. The first-order chi connectivity index (χ1) is 17.1. The van der Waals surface area contributed by atoms with Gasteiger partial charge in [-0.3, -0.25) is 19.1 Å². The molecule has 2 aromatic heterocycles. The molecule has 2 N–H and O–H groups in total. The highest BCUT2D eigenvalue weighted by molar-refractivity contribution is 5.78. The summed E-state index contributed by atoms with van der Waals surface area (Å²) < 4.78 is 43.4. The molecular weight excluding hydrogens is 477 g/mol. The monoisotopic (exact) mass is 498 g/mol. The fraction of sp³-hybridized carbons (Fsp3) is 0.292. The Morgan fingerprint density at radius 2 is 1.89 bits per heavy atom. The number of hydrogen-bond donors (Lipinski definition) is 1. The number of anilines is 1. The summed E-state index contributed by atoms with van der Waals surface area (Å²) in [5, 5.41) is 9.47. The van der Waals surface area contributed by atoms with Crippen LogP contribution in [0.25, 0.3) is 5.69 Å². The van der Waals surface area contributed by atoms with E-state index < -0.39 is 47.1 Å². The molecule has 1 aliphatic heterocycles. The van der Waals surface area contributed by atoms with Crippen molar-refractivity contribution in [2.45, 2.75) is 26.3 Å². The van der Waals surface area contributed by atoms with Crippen molar-refractivity contribution in [1.82, 2.24) is 14.1 Å². The van der Waals surface area contributed by atoms with Crippen LogP contribution in [0.4, 0.5) is 19.0 Å². The second-order valence-electron chi connectivity index (χ2n) is 8.57. The van der Waals surface area contributed by atoms with Crippen LogP contribution >= 0.6 is 0 Å². The summed E-state index contributed by atoms with van der Waals surface area (Å²) in [6, 6.07) is 4.96. The molecular formula is C24H21F3N6O3. The number of nitrogens with two attached hydrogens (primary N) is 1. The largest absolute Gasteiger partial charge is 0.369 e. The molecule has 3 aromatic rings. The molecule has 1 saturated heterocycles. The molecule has 1 unspecified atom stereocenters. The third-order valence-corrected chi connectivity index (χ3v) is 6.07. The predicted octanol–water partition coefficient (Wildman–Crippen LogP) is 1.55. The van der Waals surface area contributed by atoms with Crippen LogP contribution in [0.15, 0.2) is 40.2 Å². The van der Waals surface area contributed by atoms with Gasteiger partial charge < -0.3 is 10.6 Å². The van der Waals surface area contributed by atoms with Gasteiger partial charge in [-0.15, -0.1) is 0 Å².